The van der Waals surface area contributed by atoms with E-state index in [1.54, 1.807) is 0 Å². The second-order valence-electron chi connectivity index (χ2n) is 3.98. The standard InChI is InChI=1S/C10H22O.CH3I/c1-9(2)5-7-11-8-6-10(3)4;1-2/h9-10H,5-8H2,1-4H3;1H3. The van der Waals surface area contributed by atoms with Crippen molar-refractivity contribution in [3.63, 3.8) is 0 Å². The van der Waals surface area contributed by atoms with E-state index in [9.17, 15) is 0 Å². The first-order chi connectivity index (χ1) is 6.13. The van der Waals surface area contributed by atoms with Crippen LogP contribution < -0.4 is 0 Å². The zero-order valence-corrected chi connectivity index (χ0v) is 11.9. The second kappa shape index (κ2) is 12.7. The van der Waals surface area contributed by atoms with E-state index in [0.717, 1.165) is 25.0 Å². The van der Waals surface area contributed by atoms with Crippen molar-refractivity contribution in [2.45, 2.75) is 40.5 Å². The molecule has 0 amide bonds. The van der Waals surface area contributed by atoms with Gasteiger partial charge in [0, 0.05) is 13.2 Å². The van der Waals surface area contributed by atoms with Gasteiger partial charge in [-0.2, -0.15) is 0 Å². The zero-order chi connectivity index (χ0) is 10.7. The van der Waals surface area contributed by atoms with Crippen molar-refractivity contribution in [1.82, 2.24) is 0 Å². The highest BCUT2D eigenvalue weighted by molar-refractivity contribution is 14.1. The fourth-order valence-corrected chi connectivity index (χ4v) is 0.740. The Balaban J connectivity index is 0. The summed E-state index contributed by atoms with van der Waals surface area (Å²) < 4.78 is 5.46. The van der Waals surface area contributed by atoms with Crippen LogP contribution in [0.2, 0.25) is 0 Å². The van der Waals surface area contributed by atoms with Crippen LogP contribution in [0.4, 0.5) is 0 Å². The van der Waals surface area contributed by atoms with Gasteiger partial charge in [0.2, 0.25) is 0 Å². The highest BCUT2D eigenvalue weighted by atomic mass is 127. The van der Waals surface area contributed by atoms with Gasteiger partial charge in [-0.25, -0.2) is 0 Å². The third kappa shape index (κ3) is 19.2. The molecule has 0 spiro atoms. The number of alkyl halides is 1. The number of ether oxygens (including phenoxy) is 1. The van der Waals surface area contributed by atoms with Crippen LogP contribution in [0.3, 0.4) is 0 Å². The van der Waals surface area contributed by atoms with Gasteiger partial charge >= 0.3 is 0 Å². The maximum absolute atomic E-state index is 5.46. The molecule has 0 bridgehead atoms. The summed E-state index contributed by atoms with van der Waals surface area (Å²) in [5, 5.41) is 0. The van der Waals surface area contributed by atoms with Crippen LogP contribution in [0.5, 0.6) is 0 Å². The molecule has 13 heavy (non-hydrogen) atoms. The Hall–Kier alpha value is 0.690. The molecular formula is C11H25IO. The second-order valence-corrected chi connectivity index (χ2v) is 3.98. The number of hydrogen-bond acceptors (Lipinski definition) is 1. The van der Waals surface area contributed by atoms with Crippen LogP contribution in [0.25, 0.3) is 0 Å². The molecule has 0 radical (unpaired) electrons. The molecule has 0 aromatic carbocycles. The highest BCUT2D eigenvalue weighted by Gasteiger charge is 1.95. The van der Waals surface area contributed by atoms with Gasteiger partial charge in [-0.1, -0.05) is 50.3 Å². The van der Waals surface area contributed by atoms with Crippen molar-refractivity contribution < 1.29 is 4.74 Å². The van der Waals surface area contributed by atoms with E-state index in [4.69, 9.17) is 4.74 Å². The molecule has 0 aromatic rings. The van der Waals surface area contributed by atoms with E-state index in [0.29, 0.717) is 0 Å². The van der Waals surface area contributed by atoms with Gasteiger partial charge in [0.15, 0.2) is 0 Å². The van der Waals surface area contributed by atoms with Crippen molar-refractivity contribution in [3.05, 3.63) is 0 Å². The lowest BCUT2D eigenvalue weighted by atomic mass is 10.1. The Kier molecular flexibility index (Phi) is 15.7. The molecule has 0 saturated heterocycles. The van der Waals surface area contributed by atoms with Gasteiger partial charge in [-0.15, -0.1) is 0 Å². The van der Waals surface area contributed by atoms with Crippen LogP contribution in [-0.4, -0.2) is 18.1 Å². The van der Waals surface area contributed by atoms with Crippen LogP contribution in [0.15, 0.2) is 0 Å². The molecule has 0 unspecified atom stereocenters. The zero-order valence-electron chi connectivity index (χ0n) is 9.77. The summed E-state index contributed by atoms with van der Waals surface area (Å²) in [6, 6.07) is 0. The summed E-state index contributed by atoms with van der Waals surface area (Å²) in [6.07, 6.45) is 2.39. The van der Waals surface area contributed by atoms with E-state index < -0.39 is 0 Å². The summed E-state index contributed by atoms with van der Waals surface area (Å²) in [4.78, 5) is 1.97. The minimum atomic E-state index is 0.772. The average molecular weight is 300 g/mol. The number of halogens is 1. The molecule has 0 aromatic heterocycles. The highest BCUT2D eigenvalue weighted by Crippen LogP contribution is 2.02. The van der Waals surface area contributed by atoms with Crippen molar-refractivity contribution in [2.24, 2.45) is 11.8 Å². The minimum Gasteiger partial charge on any atom is -0.381 e. The third-order valence-electron chi connectivity index (χ3n) is 1.68. The first kappa shape index (κ1) is 16.1. The van der Waals surface area contributed by atoms with Gasteiger partial charge in [0.05, 0.1) is 0 Å². The molecule has 0 fully saturated rings. The lowest BCUT2D eigenvalue weighted by molar-refractivity contribution is 0.114. The molecule has 0 aliphatic rings. The summed E-state index contributed by atoms with van der Waals surface area (Å²) in [7, 11) is 0. The maximum atomic E-state index is 5.46. The van der Waals surface area contributed by atoms with Gasteiger partial charge in [-0.05, 0) is 29.6 Å². The molecule has 0 saturated carbocycles. The van der Waals surface area contributed by atoms with E-state index in [1.807, 2.05) is 4.93 Å². The topological polar surface area (TPSA) is 9.23 Å². The van der Waals surface area contributed by atoms with E-state index >= 15 is 0 Å². The van der Waals surface area contributed by atoms with E-state index in [2.05, 4.69) is 50.3 Å². The lowest BCUT2D eigenvalue weighted by Crippen LogP contribution is -2.02. The Morgan fingerprint density at radius 1 is 0.846 bits per heavy atom. The van der Waals surface area contributed by atoms with Crippen molar-refractivity contribution in [3.8, 4) is 0 Å². The molecule has 0 heterocycles. The van der Waals surface area contributed by atoms with Gasteiger partial charge in [-0.3, -0.25) is 0 Å². The quantitative estimate of drug-likeness (QED) is 0.407. The summed E-state index contributed by atoms with van der Waals surface area (Å²) >= 11 is 2.15. The Bertz CT molecular complexity index is 72.2. The molecule has 82 valence electrons. The molecule has 0 aliphatic heterocycles. The Labute approximate surface area is 97.8 Å². The maximum Gasteiger partial charge on any atom is 0.0468 e. The van der Waals surface area contributed by atoms with Crippen LogP contribution in [0.1, 0.15) is 40.5 Å². The van der Waals surface area contributed by atoms with E-state index in [1.165, 1.54) is 12.8 Å². The van der Waals surface area contributed by atoms with Gasteiger partial charge in [0.25, 0.3) is 0 Å². The summed E-state index contributed by atoms with van der Waals surface area (Å²) in [5.74, 6) is 1.54. The summed E-state index contributed by atoms with van der Waals surface area (Å²) in [6.45, 7) is 10.8. The Morgan fingerprint density at radius 2 is 1.15 bits per heavy atom. The average Bonchev–Trinajstić information content (AvgIpc) is 2.06. The SMILES string of the molecule is CC(C)CCOCCC(C)C.CI. The van der Waals surface area contributed by atoms with Crippen molar-refractivity contribution >= 4 is 22.6 Å². The van der Waals surface area contributed by atoms with Crippen LogP contribution in [0, 0.1) is 11.8 Å². The fraction of sp³-hybridized carbons (Fsp3) is 1.00. The van der Waals surface area contributed by atoms with Gasteiger partial charge < -0.3 is 4.74 Å². The predicted octanol–water partition coefficient (Wildman–Crippen LogP) is 4.15. The summed E-state index contributed by atoms with van der Waals surface area (Å²) in [5.41, 5.74) is 0. The molecule has 1 nitrogen and oxygen atoms in total. The predicted molar refractivity (Wildman–Crippen MR) is 69.7 cm³/mol. The number of rotatable bonds is 6. The minimum absolute atomic E-state index is 0.772. The molecule has 0 atom stereocenters. The third-order valence-corrected chi connectivity index (χ3v) is 1.68. The van der Waals surface area contributed by atoms with Crippen LogP contribution >= 0.6 is 22.6 Å². The lowest BCUT2D eigenvalue weighted by Gasteiger charge is -2.07. The smallest absolute Gasteiger partial charge is 0.0468 e. The van der Waals surface area contributed by atoms with Crippen molar-refractivity contribution in [1.29, 1.82) is 0 Å². The monoisotopic (exact) mass is 300 g/mol. The van der Waals surface area contributed by atoms with E-state index in [-0.39, 0.29) is 0 Å². The number of hydrogen-bond donors (Lipinski definition) is 0. The Morgan fingerprint density at radius 3 is 1.38 bits per heavy atom. The van der Waals surface area contributed by atoms with Gasteiger partial charge in [0.1, 0.15) is 0 Å². The largest absolute Gasteiger partial charge is 0.381 e. The first-order valence-corrected chi connectivity index (χ1v) is 7.24. The molecule has 0 rings (SSSR count). The van der Waals surface area contributed by atoms with Crippen LogP contribution in [-0.2, 0) is 4.74 Å². The molecule has 0 N–H and O–H groups in total. The first-order valence-electron chi connectivity index (χ1n) is 5.08. The molecule has 0 aliphatic carbocycles. The molecule has 2 heteroatoms. The van der Waals surface area contributed by atoms with Crippen molar-refractivity contribution in [2.75, 3.05) is 18.1 Å². The fourth-order valence-electron chi connectivity index (χ4n) is 0.740. The molecular weight excluding hydrogens is 275 g/mol. The normalized spacial score (nSPS) is 10.2.